The Morgan fingerprint density at radius 3 is 2.64 bits per heavy atom. The van der Waals surface area contributed by atoms with E-state index in [4.69, 9.17) is 0 Å². The van der Waals surface area contributed by atoms with Crippen LogP contribution in [-0.2, 0) is 9.59 Å². The normalized spacial score (nSPS) is 20.2. The van der Waals surface area contributed by atoms with Crippen molar-refractivity contribution in [2.75, 3.05) is 18.9 Å². The van der Waals surface area contributed by atoms with Crippen molar-refractivity contribution in [3.8, 4) is 0 Å². The Hall–Kier alpha value is -2.40. The minimum absolute atomic E-state index is 0.0491. The lowest BCUT2D eigenvalue weighted by molar-refractivity contribution is -0.143. The molecule has 1 aliphatic rings. The molecule has 2 unspecified atom stereocenters. The van der Waals surface area contributed by atoms with Crippen LogP contribution in [0.2, 0.25) is 0 Å². The van der Waals surface area contributed by atoms with Crippen molar-refractivity contribution in [1.29, 1.82) is 0 Å². The van der Waals surface area contributed by atoms with Crippen molar-refractivity contribution in [2.45, 2.75) is 31.8 Å². The number of benzene rings is 2. The fourth-order valence-corrected chi connectivity index (χ4v) is 3.52. The molecule has 132 valence electrons. The van der Waals surface area contributed by atoms with E-state index in [2.05, 4.69) is 5.32 Å². The Morgan fingerprint density at radius 1 is 1.12 bits per heavy atom. The molecule has 25 heavy (non-hydrogen) atoms. The molecule has 2 atom stereocenters. The minimum Gasteiger partial charge on any atom is -0.393 e. The van der Waals surface area contributed by atoms with Crippen LogP contribution in [0.15, 0.2) is 42.5 Å². The maximum atomic E-state index is 12.4. The predicted octanol–water partition coefficient (Wildman–Crippen LogP) is 2.79. The molecule has 2 amide bonds. The molecule has 2 aromatic carbocycles. The number of carbonyl (C=O) groups is 2. The van der Waals surface area contributed by atoms with Gasteiger partial charge in [-0.1, -0.05) is 49.2 Å². The zero-order valence-electron chi connectivity index (χ0n) is 14.4. The van der Waals surface area contributed by atoms with Gasteiger partial charge in [0.2, 0.25) is 0 Å². The quantitative estimate of drug-likeness (QED) is 0.844. The summed E-state index contributed by atoms with van der Waals surface area (Å²) >= 11 is 0. The monoisotopic (exact) mass is 340 g/mol. The molecule has 0 bridgehead atoms. The van der Waals surface area contributed by atoms with Gasteiger partial charge in [-0.15, -0.1) is 0 Å². The molecule has 0 heterocycles. The average Bonchev–Trinajstić information content (AvgIpc) is 2.63. The van der Waals surface area contributed by atoms with Gasteiger partial charge in [0, 0.05) is 30.6 Å². The van der Waals surface area contributed by atoms with Crippen LogP contribution in [0.1, 0.15) is 25.7 Å². The van der Waals surface area contributed by atoms with Crippen LogP contribution in [-0.4, -0.2) is 41.5 Å². The highest BCUT2D eigenvalue weighted by atomic mass is 16.3. The Kier molecular flexibility index (Phi) is 5.34. The van der Waals surface area contributed by atoms with E-state index in [1.54, 1.807) is 13.1 Å². The summed E-state index contributed by atoms with van der Waals surface area (Å²) in [6.45, 7) is 0.406. The van der Waals surface area contributed by atoms with E-state index in [0.717, 1.165) is 36.5 Å². The smallest absolute Gasteiger partial charge is 0.313 e. The Morgan fingerprint density at radius 2 is 1.84 bits per heavy atom. The Labute approximate surface area is 147 Å². The van der Waals surface area contributed by atoms with E-state index in [9.17, 15) is 14.7 Å². The molecule has 1 saturated carbocycles. The molecule has 2 aromatic rings. The van der Waals surface area contributed by atoms with Crippen molar-refractivity contribution < 1.29 is 14.7 Å². The molecule has 5 heteroatoms. The first kappa shape index (κ1) is 17.4. The molecule has 0 aliphatic heterocycles. The van der Waals surface area contributed by atoms with Crippen molar-refractivity contribution >= 4 is 28.3 Å². The lowest BCUT2D eigenvalue weighted by Gasteiger charge is -2.30. The van der Waals surface area contributed by atoms with Crippen LogP contribution in [0.3, 0.4) is 0 Å². The summed E-state index contributed by atoms with van der Waals surface area (Å²) in [5.41, 5.74) is 0.627. The number of likely N-dealkylation sites (N-methyl/N-ethyl adjacent to an activating group) is 1. The summed E-state index contributed by atoms with van der Waals surface area (Å²) in [6, 6.07) is 13.3. The van der Waals surface area contributed by atoms with Crippen LogP contribution in [0.5, 0.6) is 0 Å². The van der Waals surface area contributed by atoms with Crippen LogP contribution >= 0.6 is 0 Å². The van der Waals surface area contributed by atoms with Crippen molar-refractivity contribution in [3.05, 3.63) is 42.5 Å². The largest absolute Gasteiger partial charge is 0.393 e. The van der Waals surface area contributed by atoms with Crippen molar-refractivity contribution in [2.24, 2.45) is 5.92 Å². The van der Waals surface area contributed by atoms with E-state index >= 15 is 0 Å². The van der Waals surface area contributed by atoms with Crippen LogP contribution in [0.25, 0.3) is 10.8 Å². The number of aliphatic hydroxyl groups is 1. The second-order valence-corrected chi connectivity index (χ2v) is 6.78. The maximum absolute atomic E-state index is 12.4. The maximum Gasteiger partial charge on any atom is 0.313 e. The van der Waals surface area contributed by atoms with E-state index < -0.39 is 11.8 Å². The summed E-state index contributed by atoms with van der Waals surface area (Å²) in [5.74, 6) is -1.18. The van der Waals surface area contributed by atoms with Gasteiger partial charge in [-0.25, -0.2) is 0 Å². The zero-order valence-corrected chi connectivity index (χ0v) is 14.4. The van der Waals surface area contributed by atoms with Crippen molar-refractivity contribution in [3.63, 3.8) is 0 Å². The topological polar surface area (TPSA) is 69.6 Å². The number of amides is 2. The SMILES string of the molecule is CN(CC1CCCCC1O)C(=O)C(=O)Nc1cccc2ccccc12. The molecule has 0 saturated heterocycles. The summed E-state index contributed by atoms with van der Waals surface area (Å²) in [6.07, 6.45) is 3.37. The first-order chi connectivity index (χ1) is 12.1. The van der Waals surface area contributed by atoms with Gasteiger partial charge in [0.25, 0.3) is 0 Å². The second kappa shape index (κ2) is 7.66. The molecule has 0 spiro atoms. The first-order valence-corrected chi connectivity index (χ1v) is 8.78. The van der Waals surface area contributed by atoms with Gasteiger partial charge in [0.15, 0.2) is 0 Å². The van der Waals surface area contributed by atoms with Crippen molar-refractivity contribution in [1.82, 2.24) is 4.90 Å². The van der Waals surface area contributed by atoms with Gasteiger partial charge in [-0.3, -0.25) is 9.59 Å². The summed E-state index contributed by atoms with van der Waals surface area (Å²) in [4.78, 5) is 26.2. The second-order valence-electron chi connectivity index (χ2n) is 6.78. The number of hydrogen-bond acceptors (Lipinski definition) is 3. The van der Waals surface area contributed by atoms with E-state index in [1.807, 2.05) is 36.4 Å². The zero-order chi connectivity index (χ0) is 17.8. The van der Waals surface area contributed by atoms with E-state index in [1.165, 1.54) is 4.90 Å². The van der Waals surface area contributed by atoms with Gasteiger partial charge < -0.3 is 15.3 Å². The fraction of sp³-hybridized carbons (Fsp3) is 0.400. The molecule has 0 radical (unpaired) electrons. The Bertz CT molecular complexity index is 769. The van der Waals surface area contributed by atoms with E-state index in [-0.39, 0.29) is 12.0 Å². The van der Waals surface area contributed by atoms with Gasteiger partial charge in [-0.05, 0) is 24.3 Å². The number of carbonyl (C=O) groups excluding carboxylic acids is 2. The number of fused-ring (bicyclic) bond motifs is 1. The highest BCUT2D eigenvalue weighted by Crippen LogP contribution is 2.25. The standard InChI is InChI=1S/C20H24N2O3/c1-22(13-15-8-3-5-12-18(15)23)20(25)19(24)21-17-11-6-9-14-7-2-4-10-16(14)17/h2,4,6-7,9-11,15,18,23H,3,5,8,12-13H2,1H3,(H,21,24). The molecule has 1 aliphatic carbocycles. The lowest BCUT2D eigenvalue weighted by Crippen LogP contribution is -2.42. The highest BCUT2D eigenvalue weighted by Gasteiger charge is 2.27. The third kappa shape index (κ3) is 3.99. The molecular weight excluding hydrogens is 316 g/mol. The van der Waals surface area contributed by atoms with Crippen LogP contribution < -0.4 is 5.32 Å². The molecular formula is C20H24N2O3. The predicted molar refractivity (Wildman–Crippen MR) is 98.2 cm³/mol. The summed E-state index contributed by atoms with van der Waals surface area (Å²) in [5, 5.41) is 14.7. The van der Waals surface area contributed by atoms with Gasteiger partial charge in [0.05, 0.1) is 6.10 Å². The number of aliphatic hydroxyl groups excluding tert-OH is 1. The number of hydrogen-bond donors (Lipinski definition) is 2. The van der Waals surface area contributed by atoms with Gasteiger partial charge in [0.1, 0.15) is 0 Å². The molecule has 3 rings (SSSR count). The van der Waals surface area contributed by atoms with Gasteiger partial charge in [-0.2, -0.15) is 0 Å². The lowest BCUT2D eigenvalue weighted by atomic mass is 9.86. The number of anilines is 1. The number of rotatable bonds is 3. The number of nitrogens with zero attached hydrogens (tertiary/aromatic N) is 1. The summed E-state index contributed by atoms with van der Waals surface area (Å²) in [7, 11) is 1.62. The average molecular weight is 340 g/mol. The summed E-state index contributed by atoms with van der Waals surface area (Å²) < 4.78 is 0. The number of nitrogens with one attached hydrogen (secondary N) is 1. The fourth-order valence-electron chi connectivity index (χ4n) is 3.52. The third-order valence-corrected chi connectivity index (χ3v) is 4.96. The molecule has 5 nitrogen and oxygen atoms in total. The highest BCUT2D eigenvalue weighted by molar-refractivity contribution is 6.40. The third-order valence-electron chi connectivity index (χ3n) is 4.96. The minimum atomic E-state index is -0.649. The van der Waals surface area contributed by atoms with Crippen LogP contribution in [0.4, 0.5) is 5.69 Å². The molecule has 1 fully saturated rings. The Balaban J connectivity index is 1.66. The van der Waals surface area contributed by atoms with Gasteiger partial charge >= 0.3 is 11.8 Å². The van der Waals surface area contributed by atoms with E-state index in [0.29, 0.717) is 12.2 Å². The van der Waals surface area contributed by atoms with Crippen LogP contribution in [0, 0.1) is 5.92 Å². The first-order valence-electron chi connectivity index (χ1n) is 8.78. The molecule has 2 N–H and O–H groups in total. The molecule has 0 aromatic heterocycles.